The molecule has 0 radical (unpaired) electrons. The van der Waals surface area contributed by atoms with Gasteiger partial charge in [0.15, 0.2) is 0 Å². The third-order valence-corrected chi connectivity index (χ3v) is 2.21. The van der Waals surface area contributed by atoms with Crippen LogP contribution in [0.1, 0.15) is 26.2 Å². The van der Waals surface area contributed by atoms with Crippen LogP contribution in [-0.4, -0.2) is 38.1 Å². The van der Waals surface area contributed by atoms with Gasteiger partial charge in [-0.15, -0.1) is 0 Å². The largest absolute Gasteiger partial charge is 0.315 e. The van der Waals surface area contributed by atoms with Gasteiger partial charge in [0, 0.05) is 19.0 Å². The van der Waals surface area contributed by atoms with Gasteiger partial charge in [-0.2, -0.15) is 5.26 Å². The molecule has 0 aliphatic heterocycles. The molecule has 0 fully saturated rings. The van der Waals surface area contributed by atoms with Crippen LogP contribution in [0.4, 0.5) is 0 Å². The van der Waals surface area contributed by atoms with Crippen LogP contribution in [0.15, 0.2) is 0 Å². The van der Waals surface area contributed by atoms with Crippen LogP contribution < -0.4 is 5.32 Å². The minimum absolute atomic E-state index is 0.580. The highest BCUT2D eigenvalue weighted by Crippen LogP contribution is 1.92. The summed E-state index contributed by atoms with van der Waals surface area (Å²) in [5, 5.41) is 11.7. The van der Waals surface area contributed by atoms with E-state index in [1.807, 2.05) is 0 Å². The molecule has 0 aliphatic carbocycles. The number of likely N-dealkylation sites (N-methyl/N-ethyl adjacent to an activating group) is 1. The van der Waals surface area contributed by atoms with Crippen molar-refractivity contribution >= 4 is 0 Å². The van der Waals surface area contributed by atoms with Gasteiger partial charge in [0.2, 0.25) is 0 Å². The van der Waals surface area contributed by atoms with E-state index in [9.17, 15) is 0 Å². The van der Waals surface area contributed by atoms with Crippen molar-refractivity contribution in [2.75, 3.05) is 27.2 Å². The second-order valence-electron chi connectivity index (χ2n) is 3.63. The molecule has 0 saturated heterocycles. The first-order valence-corrected chi connectivity index (χ1v) is 4.92. The van der Waals surface area contributed by atoms with Gasteiger partial charge in [-0.05, 0) is 40.4 Å². The van der Waals surface area contributed by atoms with Crippen LogP contribution >= 0.6 is 0 Å². The second-order valence-corrected chi connectivity index (χ2v) is 3.63. The molecule has 13 heavy (non-hydrogen) atoms. The summed E-state index contributed by atoms with van der Waals surface area (Å²) in [6.07, 6.45) is 2.80. The first-order chi connectivity index (χ1) is 6.18. The fraction of sp³-hybridized carbons (Fsp3) is 0.900. The van der Waals surface area contributed by atoms with E-state index in [0.717, 1.165) is 25.9 Å². The van der Waals surface area contributed by atoms with Gasteiger partial charge in [0.05, 0.1) is 6.07 Å². The topological polar surface area (TPSA) is 39.1 Å². The summed E-state index contributed by atoms with van der Waals surface area (Å²) in [5.41, 5.74) is 0. The molecule has 0 amide bonds. The van der Waals surface area contributed by atoms with E-state index < -0.39 is 0 Å². The highest BCUT2D eigenvalue weighted by atomic mass is 15.1. The Hall–Kier alpha value is -0.590. The van der Waals surface area contributed by atoms with Gasteiger partial charge in [-0.1, -0.05) is 0 Å². The Morgan fingerprint density at radius 2 is 2.08 bits per heavy atom. The van der Waals surface area contributed by atoms with Crippen LogP contribution in [-0.2, 0) is 0 Å². The third-order valence-electron chi connectivity index (χ3n) is 2.21. The lowest BCUT2D eigenvalue weighted by Gasteiger charge is -2.19. The SMILES string of the molecule is CC(CNCCCCC#N)N(C)C. The average molecular weight is 183 g/mol. The Morgan fingerprint density at radius 1 is 1.38 bits per heavy atom. The van der Waals surface area contributed by atoms with Crippen molar-refractivity contribution < 1.29 is 0 Å². The molecule has 1 unspecified atom stereocenters. The summed E-state index contributed by atoms with van der Waals surface area (Å²) in [6.45, 7) is 4.25. The molecule has 1 atom stereocenters. The maximum atomic E-state index is 8.31. The monoisotopic (exact) mass is 183 g/mol. The summed E-state index contributed by atoms with van der Waals surface area (Å²) < 4.78 is 0. The van der Waals surface area contributed by atoms with Crippen LogP contribution in [0.5, 0.6) is 0 Å². The molecular weight excluding hydrogens is 162 g/mol. The molecule has 0 aromatic rings. The molecule has 0 aromatic carbocycles. The van der Waals surface area contributed by atoms with Crippen molar-refractivity contribution in [1.29, 1.82) is 5.26 Å². The number of nitriles is 1. The lowest BCUT2D eigenvalue weighted by molar-refractivity contribution is 0.303. The van der Waals surface area contributed by atoms with Gasteiger partial charge >= 0.3 is 0 Å². The maximum Gasteiger partial charge on any atom is 0.0621 e. The molecule has 0 saturated carbocycles. The molecule has 0 aliphatic rings. The third kappa shape index (κ3) is 7.76. The van der Waals surface area contributed by atoms with E-state index in [2.05, 4.69) is 37.3 Å². The zero-order valence-electron chi connectivity index (χ0n) is 9.01. The summed E-state index contributed by atoms with van der Waals surface area (Å²) in [4.78, 5) is 2.20. The van der Waals surface area contributed by atoms with E-state index in [1.165, 1.54) is 0 Å². The van der Waals surface area contributed by atoms with Crippen molar-refractivity contribution in [1.82, 2.24) is 10.2 Å². The summed E-state index contributed by atoms with van der Waals surface area (Å²) in [6, 6.07) is 2.73. The minimum atomic E-state index is 0.580. The molecular formula is C10H21N3. The molecule has 0 aromatic heterocycles. The van der Waals surface area contributed by atoms with Crippen molar-refractivity contribution in [2.45, 2.75) is 32.2 Å². The van der Waals surface area contributed by atoms with Gasteiger partial charge in [0.1, 0.15) is 0 Å². The molecule has 1 N–H and O–H groups in total. The van der Waals surface area contributed by atoms with Gasteiger partial charge in [0.25, 0.3) is 0 Å². The summed E-state index contributed by atoms with van der Waals surface area (Å²) in [7, 11) is 4.17. The van der Waals surface area contributed by atoms with Crippen LogP contribution in [0.3, 0.4) is 0 Å². The molecule has 76 valence electrons. The van der Waals surface area contributed by atoms with Crippen molar-refractivity contribution in [3.8, 4) is 6.07 Å². The van der Waals surface area contributed by atoms with Crippen molar-refractivity contribution in [2.24, 2.45) is 0 Å². The van der Waals surface area contributed by atoms with Gasteiger partial charge in [-0.3, -0.25) is 0 Å². The fourth-order valence-electron chi connectivity index (χ4n) is 0.948. The molecule has 0 spiro atoms. The predicted octanol–water partition coefficient (Wildman–Crippen LogP) is 1.22. The number of hydrogen-bond acceptors (Lipinski definition) is 3. The Morgan fingerprint density at radius 3 is 2.62 bits per heavy atom. The molecule has 3 heteroatoms. The normalized spacial score (nSPS) is 12.8. The zero-order valence-corrected chi connectivity index (χ0v) is 9.01. The lowest BCUT2D eigenvalue weighted by atomic mass is 10.2. The number of rotatable bonds is 7. The highest BCUT2D eigenvalue weighted by molar-refractivity contribution is 4.69. The quantitative estimate of drug-likeness (QED) is 0.603. The van der Waals surface area contributed by atoms with Gasteiger partial charge in [-0.25, -0.2) is 0 Å². The van der Waals surface area contributed by atoms with Crippen molar-refractivity contribution in [3.05, 3.63) is 0 Å². The minimum Gasteiger partial charge on any atom is -0.315 e. The molecule has 0 heterocycles. The lowest BCUT2D eigenvalue weighted by Crippen LogP contribution is -2.35. The highest BCUT2D eigenvalue weighted by Gasteiger charge is 2.01. The van der Waals surface area contributed by atoms with E-state index in [-0.39, 0.29) is 0 Å². The first-order valence-electron chi connectivity index (χ1n) is 4.92. The van der Waals surface area contributed by atoms with Gasteiger partial charge < -0.3 is 10.2 Å². The zero-order chi connectivity index (χ0) is 10.1. The average Bonchev–Trinajstić information content (AvgIpc) is 2.10. The fourth-order valence-corrected chi connectivity index (χ4v) is 0.948. The van der Waals surface area contributed by atoms with Crippen LogP contribution in [0, 0.1) is 11.3 Å². The molecule has 0 rings (SSSR count). The number of hydrogen-bond donors (Lipinski definition) is 1. The number of unbranched alkanes of at least 4 members (excludes halogenated alkanes) is 2. The smallest absolute Gasteiger partial charge is 0.0621 e. The molecule has 3 nitrogen and oxygen atoms in total. The van der Waals surface area contributed by atoms with E-state index in [4.69, 9.17) is 5.26 Å². The molecule has 0 bridgehead atoms. The predicted molar refractivity (Wildman–Crippen MR) is 55.5 cm³/mol. The Labute approximate surface area is 81.7 Å². The Kier molecular flexibility index (Phi) is 7.66. The summed E-state index contributed by atoms with van der Waals surface area (Å²) >= 11 is 0. The van der Waals surface area contributed by atoms with E-state index in [0.29, 0.717) is 12.5 Å². The summed E-state index contributed by atoms with van der Waals surface area (Å²) in [5.74, 6) is 0. The maximum absolute atomic E-state index is 8.31. The van der Waals surface area contributed by atoms with Crippen LogP contribution in [0.2, 0.25) is 0 Å². The number of nitrogens with zero attached hydrogens (tertiary/aromatic N) is 2. The first kappa shape index (κ1) is 12.4. The van der Waals surface area contributed by atoms with Crippen LogP contribution in [0.25, 0.3) is 0 Å². The number of nitrogens with one attached hydrogen (secondary N) is 1. The Balaban J connectivity index is 3.12. The van der Waals surface area contributed by atoms with Crippen molar-refractivity contribution in [3.63, 3.8) is 0 Å². The second kappa shape index (κ2) is 8.03. The Bertz CT molecular complexity index is 149. The van der Waals surface area contributed by atoms with E-state index >= 15 is 0 Å². The standard InChI is InChI=1S/C10H21N3/c1-10(13(2)3)9-12-8-6-4-5-7-11/h10,12H,4-6,8-9H2,1-3H3. The van der Waals surface area contributed by atoms with E-state index in [1.54, 1.807) is 0 Å².